The summed E-state index contributed by atoms with van der Waals surface area (Å²) in [5.41, 5.74) is 6.64. The number of hydrogen-bond acceptors (Lipinski definition) is 4. The van der Waals surface area contributed by atoms with Gasteiger partial charge in [0.15, 0.2) is 17.5 Å². The monoisotopic (exact) mass is 521 g/mol. The molecule has 136 valence electrons. The Hall–Kier alpha value is -1.68. The molecule has 2 rings (SSSR count). The fraction of sp³-hybridized carbons (Fsp3) is 0.235. The fourth-order valence-electron chi connectivity index (χ4n) is 1.99. The van der Waals surface area contributed by atoms with Crippen molar-refractivity contribution in [1.29, 1.82) is 0 Å². The number of rotatable bonds is 7. The number of nitrogens with two attached hydrogens (primary N) is 1. The highest BCUT2D eigenvalue weighted by Gasteiger charge is 2.05. The van der Waals surface area contributed by atoms with Gasteiger partial charge in [0.2, 0.25) is 0 Å². The molecule has 0 amide bonds. The van der Waals surface area contributed by atoms with Crippen molar-refractivity contribution in [2.45, 2.75) is 0 Å². The molecule has 6 nitrogen and oxygen atoms in total. The van der Waals surface area contributed by atoms with Crippen molar-refractivity contribution >= 4 is 51.6 Å². The lowest BCUT2D eigenvalue weighted by Crippen LogP contribution is -2.23. The van der Waals surface area contributed by atoms with Crippen LogP contribution in [0.2, 0.25) is 0 Å². The molecule has 8 heteroatoms. The first-order valence-electron chi connectivity index (χ1n) is 7.29. The number of methoxy groups -OCH3 is 2. The number of anilines is 1. The van der Waals surface area contributed by atoms with Gasteiger partial charge >= 0.3 is 0 Å². The molecule has 0 bridgehead atoms. The highest BCUT2D eigenvalue weighted by Crippen LogP contribution is 2.29. The third-order valence-corrected chi connectivity index (χ3v) is 3.59. The molecular formula is C17H21BrIN3O3. The maximum absolute atomic E-state index is 5.88. The van der Waals surface area contributed by atoms with Crippen LogP contribution in [0.15, 0.2) is 51.9 Å². The fourth-order valence-corrected chi connectivity index (χ4v) is 2.37. The van der Waals surface area contributed by atoms with Crippen molar-refractivity contribution in [3.63, 3.8) is 0 Å². The Labute approximate surface area is 172 Å². The van der Waals surface area contributed by atoms with E-state index in [1.807, 2.05) is 30.3 Å². The van der Waals surface area contributed by atoms with Crippen LogP contribution in [0.4, 0.5) is 5.69 Å². The molecule has 25 heavy (non-hydrogen) atoms. The van der Waals surface area contributed by atoms with Gasteiger partial charge in [0.25, 0.3) is 0 Å². The molecule has 0 atom stereocenters. The van der Waals surface area contributed by atoms with Crippen LogP contribution in [0.1, 0.15) is 0 Å². The highest BCUT2D eigenvalue weighted by molar-refractivity contribution is 14.0. The lowest BCUT2D eigenvalue weighted by Gasteiger charge is -2.11. The van der Waals surface area contributed by atoms with Crippen LogP contribution < -0.4 is 25.3 Å². The second-order valence-corrected chi connectivity index (χ2v) is 5.68. The van der Waals surface area contributed by atoms with Crippen LogP contribution in [0, 0.1) is 0 Å². The summed E-state index contributed by atoms with van der Waals surface area (Å²) in [6.07, 6.45) is 0. The Balaban J connectivity index is 0.00000312. The van der Waals surface area contributed by atoms with E-state index in [2.05, 4.69) is 26.2 Å². The molecule has 3 N–H and O–H groups in total. The molecule has 2 aromatic carbocycles. The van der Waals surface area contributed by atoms with Gasteiger partial charge in [0.1, 0.15) is 12.4 Å². The molecule has 0 aliphatic carbocycles. The quantitative estimate of drug-likeness (QED) is 0.250. The smallest absolute Gasteiger partial charge is 0.193 e. The first kappa shape index (κ1) is 21.4. The van der Waals surface area contributed by atoms with Crippen molar-refractivity contribution in [2.24, 2.45) is 10.7 Å². The molecule has 0 saturated heterocycles. The summed E-state index contributed by atoms with van der Waals surface area (Å²) < 4.78 is 17.0. The third-order valence-electron chi connectivity index (χ3n) is 3.09. The van der Waals surface area contributed by atoms with Gasteiger partial charge in [-0.15, -0.1) is 24.0 Å². The average molecular weight is 522 g/mol. The van der Waals surface area contributed by atoms with E-state index in [1.165, 1.54) is 0 Å². The number of nitrogens with zero attached hydrogens (tertiary/aromatic N) is 1. The predicted molar refractivity (Wildman–Crippen MR) is 115 cm³/mol. The number of hydrogen-bond donors (Lipinski definition) is 2. The summed E-state index contributed by atoms with van der Waals surface area (Å²) in [5.74, 6) is 2.36. The predicted octanol–water partition coefficient (Wildman–Crippen LogP) is 3.89. The second-order valence-electron chi connectivity index (χ2n) is 4.77. The third kappa shape index (κ3) is 6.99. The van der Waals surface area contributed by atoms with Gasteiger partial charge in [-0.1, -0.05) is 22.0 Å². The molecule has 0 saturated carbocycles. The minimum atomic E-state index is 0. The zero-order chi connectivity index (χ0) is 17.4. The highest BCUT2D eigenvalue weighted by atomic mass is 127. The van der Waals surface area contributed by atoms with Crippen molar-refractivity contribution < 1.29 is 14.2 Å². The molecule has 0 fully saturated rings. The SMILES string of the molecule is COc1ccc(NC(N)=NCCOc2cccc(Br)c2)cc1OC.I. The molecule has 0 aromatic heterocycles. The summed E-state index contributed by atoms with van der Waals surface area (Å²) in [5, 5.41) is 3.00. The molecule has 0 aliphatic rings. The molecule has 0 heterocycles. The Kier molecular flexibility index (Phi) is 9.43. The molecule has 0 unspecified atom stereocenters. The lowest BCUT2D eigenvalue weighted by molar-refractivity contribution is 0.328. The molecule has 0 spiro atoms. The van der Waals surface area contributed by atoms with Crippen LogP contribution >= 0.6 is 39.9 Å². The first-order valence-corrected chi connectivity index (χ1v) is 8.09. The number of halogens is 2. The zero-order valence-corrected chi connectivity index (χ0v) is 17.9. The normalized spacial score (nSPS) is 10.6. The van der Waals surface area contributed by atoms with Gasteiger partial charge in [-0.2, -0.15) is 0 Å². The van der Waals surface area contributed by atoms with E-state index in [0.717, 1.165) is 15.9 Å². The number of ether oxygens (including phenoxy) is 3. The number of benzene rings is 2. The van der Waals surface area contributed by atoms with E-state index in [0.29, 0.717) is 30.6 Å². The van der Waals surface area contributed by atoms with Crippen molar-refractivity contribution in [1.82, 2.24) is 0 Å². The summed E-state index contributed by atoms with van der Waals surface area (Å²) in [6.45, 7) is 0.878. The minimum absolute atomic E-state index is 0. The Morgan fingerprint density at radius 3 is 2.56 bits per heavy atom. The summed E-state index contributed by atoms with van der Waals surface area (Å²) in [7, 11) is 3.17. The first-order chi connectivity index (χ1) is 11.6. The zero-order valence-electron chi connectivity index (χ0n) is 14.0. The number of aliphatic imine (C=N–C) groups is 1. The summed E-state index contributed by atoms with van der Waals surface area (Å²) in [4.78, 5) is 4.23. The van der Waals surface area contributed by atoms with Crippen LogP contribution in [-0.2, 0) is 0 Å². The van der Waals surface area contributed by atoms with Gasteiger partial charge in [0, 0.05) is 16.2 Å². The van der Waals surface area contributed by atoms with Crippen molar-refractivity contribution in [2.75, 3.05) is 32.7 Å². The topological polar surface area (TPSA) is 78.1 Å². The maximum Gasteiger partial charge on any atom is 0.193 e. The van der Waals surface area contributed by atoms with E-state index in [9.17, 15) is 0 Å². The van der Waals surface area contributed by atoms with Gasteiger partial charge in [-0.25, -0.2) is 4.99 Å². The van der Waals surface area contributed by atoms with Crippen LogP contribution in [0.3, 0.4) is 0 Å². The standard InChI is InChI=1S/C17H20BrN3O3.HI/c1-22-15-7-6-13(11-16(15)23-2)21-17(19)20-8-9-24-14-5-3-4-12(18)10-14;/h3-7,10-11H,8-9H2,1-2H3,(H3,19,20,21);1H. The van der Waals surface area contributed by atoms with Gasteiger partial charge in [-0.3, -0.25) is 0 Å². The minimum Gasteiger partial charge on any atom is -0.493 e. The van der Waals surface area contributed by atoms with E-state index in [4.69, 9.17) is 19.9 Å². The van der Waals surface area contributed by atoms with E-state index in [-0.39, 0.29) is 24.0 Å². The van der Waals surface area contributed by atoms with Gasteiger partial charge in [-0.05, 0) is 30.3 Å². The van der Waals surface area contributed by atoms with Crippen LogP contribution in [0.5, 0.6) is 17.2 Å². The average Bonchev–Trinajstić information content (AvgIpc) is 2.58. The Bertz CT molecular complexity index is 713. The van der Waals surface area contributed by atoms with Crippen molar-refractivity contribution in [3.8, 4) is 17.2 Å². The molecular weight excluding hydrogens is 501 g/mol. The number of guanidine groups is 1. The molecule has 2 aromatic rings. The maximum atomic E-state index is 5.88. The largest absolute Gasteiger partial charge is 0.493 e. The lowest BCUT2D eigenvalue weighted by atomic mass is 10.3. The van der Waals surface area contributed by atoms with Gasteiger partial charge < -0.3 is 25.3 Å². The Morgan fingerprint density at radius 2 is 1.88 bits per heavy atom. The Morgan fingerprint density at radius 1 is 1.12 bits per heavy atom. The van der Waals surface area contributed by atoms with E-state index < -0.39 is 0 Å². The summed E-state index contributed by atoms with van der Waals surface area (Å²) in [6, 6.07) is 13.1. The van der Waals surface area contributed by atoms with E-state index in [1.54, 1.807) is 26.4 Å². The van der Waals surface area contributed by atoms with E-state index >= 15 is 0 Å². The summed E-state index contributed by atoms with van der Waals surface area (Å²) >= 11 is 3.40. The number of nitrogens with one attached hydrogen (secondary N) is 1. The second kappa shape index (κ2) is 11.0. The van der Waals surface area contributed by atoms with Crippen LogP contribution in [-0.4, -0.2) is 33.3 Å². The van der Waals surface area contributed by atoms with Gasteiger partial charge in [0.05, 0.1) is 20.8 Å². The van der Waals surface area contributed by atoms with Crippen LogP contribution in [0.25, 0.3) is 0 Å². The molecule has 0 radical (unpaired) electrons. The van der Waals surface area contributed by atoms with Crippen molar-refractivity contribution in [3.05, 3.63) is 46.9 Å². The molecule has 0 aliphatic heterocycles.